The van der Waals surface area contributed by atoms with Crippen molar-refractivity contribution in [1.29, 1.82) is 0 Å². The van der Waals surface area contributed by atoms with Crippen LogP contribution in [0, 0.1) is 0 Å². The highest BCUT2D eigenvalue weighted by Crippen LogP contribution is 2.27. The van der Waals surface area contributed by atoms with Crippen LogP contribution in [0.5, 0.6) is 11.5 Å². The average Bonchev–Trinajstić information content (AvgIpc) is 2.55. The van der Waals surface area contributed by atoms with Gasteiger partial charge < -0.3 is 15.2 Å². The molecule has 2 aromatic rings. The molecule has 0 bridgehead atoms. The highest BCUT2D eigenvalue weighted by atomic mass is 35.5. The normalized spacial score (nSPS) is 14.6. The smallest absolute Gasteiger partial charge is 0.160 e. The molecule has 2 N–H and O–H groups in total. The van der Waals surface area contributed by atoms with Crippen molar-refractivity contribution in [2.75, 3.05) is 13.7 Å². The van der Waals surface area contributed by atoms with Gasteiger partial charge in [-0.05, 0) is 41.0 Å². The van der Waals surface area contributed by atoms with Gasteiger partial charge in [0.25, 0.3) is 0 Å². The Kier molecular flexibility index (Phi) is 4.53. The Hall–Kier alpha value is -2.46. The molecule has 5 heteroatoms. The molecule has 0 saturated heterocycles. The van der Waals surface area contributed by atoms with E-state index in [1.54, 1.807) is 12.1 Å². The molecule has 118 valence electrons. The van der Waals surface area contributed by atoms with Crippen molar-refractivity contribution in [3.8, 4) is 11.5 Å². The lowest BCUT2D eigenvalue weighted by Crippen LogP contribution is -2.09. The molecule has 1 aliphatic heterocycles. The number of hydrogen-bond donors (Lipinski definition) is 2. The Labute approximate surface area is 140 Å². The van der Waals surface area contributed by atoms with Crippen LogP contribution in [0.3, 0.4) is 0 Å². The summed E-state index contributed by atoms with van der Waals surface area (Å²) in [6.45, 7) is 1.22. The second-order valence-electron chi connectivity index (χ2n) is 5.26. The van der Waals surface area contributed by atoms with Crippen molar-refractivity contribution >= 4 is 23.4 Å². The third-order valence-electron chi connectivity index (χ3n) is 3.68. The summed E-state index contributed by atoms with van der Waals surface area (Å²) in [6, 6.07) is 11.1. The lowest BCUT2D eigenvalue weighted by atomic mass is 9.99. The van der Waals surface area contributed by atoms with Gasteiger partial charge in [0, 0.05) is 29.5 Å². The number of nitrogens with zero attached hydrogens (tertiary/aromatic N) is 1. The predicted molar refractivity (Wildman–Crippen MR) is 93.4 cm³/mol. The van der Waals surface area contributed by atoms with Crippen LogP contribution in [0.1, 0.15) is 16.7 Å². The molecule has 0 spiro atoms. The van der Waals surface area contributed by atoms with E-state index < -0.39 is 0 Å². The summed E-state index contributed by atoms with van der Waals surface area (Å²) in [5, 5.41) is 13.8. The van der Waals surface area contributed by atoms with Gasteiger partial charge in [-0.2, -0.15) is 0 Å². The first kappa shape index (κ1) is 15.4. The molecule has 0 amide bonds. The Bertz CT molecular complexity index is 785. The zero-order valence-corrected chi connectivity index (χ0v) is 13.5. The summed E-state index contributed by atoms with van der Waals surface area (Å²) in [4.78, 5) is 4.36. The van der Waals surface area contributed by atoms with E-state index in [1.165, 1.54) is 7.11 Å². The standard InChI is InChI=1S/C18H17ClN2O2/c1-23-18-5-2-12(6-17(18)22)8-20-10-14-11-21-9-13-3-4-15(19)7-16(13)14/h2-7,9-10,20,22H,8,11H2,1H3. The number of phenols is 1. The highest BCUT2D eigenvalue weighted by molar-refractivity contribution is 6.30. The number of halogens is 1. The summed E-state index contributed by atoms with van der Waals surface area (Å²) in [5.41, 5.74) is 4.21. The van der Waals surface area contributed by atoms with Crippen LogP contribution in [0.15, 0.2) is 47.6 Å². The highest BCUT2D eigenvalue weighted by Gasteiger charge is 2.11. The van der Waals surface area contributed by atoms with Crippen LogP contribution in [-0.2, 0) is 6.54 Å². The first-order valence-corrected chi connectivity index (χ1v) is 7.63. The number of ether oxygens (including phenoxy) is 1. The monoisotopic (exact) mass is 328 g/mol. The van der Waals surface area contributed by atoms with Crippen molar-refractivity contribution in [2.45, 2.75) is 6.54 Å². The van der Waals surface area contributed by atoms with E-state index in [9.17, 15) is 5.11 Å². The van der Waals surface area contributed by atoms with E-state index >= 15 is 0 Å². The minimum atomic E-state index is 0.138. The van der Waals surface area contributed by atoms with Gasteiger partial charge in [-0.3, -0.25) is 4.99 Å². The van der Waals surface area contributed by atoms with Crippen LogP contribution in [0.25, 0.3) is 5.57 Å². The fraction of sp³-hybridized carbons (Fsp3) is 0.167. The van der Waals surface area contributed by atoms with E-state index in [2.05, 4.69) is 10.3 Å². The first-order chi connectivity index (χ1) is 11.2. The summed E-state index contributed by atoms with van der Waals surface area (Å²) < 4.78 is 5.04. The SMILES string of the molecule is COc1ccc(CNC=C2CN=Cc3ccc(Cl)cc32)cc1O. The molecule has 4 nitrogen and oxygen atoms in total. The molecule has 1 aliphatic rings. The zero-order valence-electron chi connectivity index (χ0n) is 12.7. The lowest BCUT2D eigenvalue weighted by molar-refractivity contribution is 0.373. The summed E-state index contributed by atoms with van der Waals surface area (Å²) in [6.07, 6.45) is 3.82. The average molecular weight is 329 g/mol. The van der Waals surface area contributed by atoms with E-state index in [-0.39, 0.29) is 5.75 Å². The number of phenolic OH excluding ortho intramolecular Hbond substituents is 1. The van der Waals surface area contributed by atoms with Crippen LogP contribution in [0.4, 0.5) is 0 Å². The van der Waals surface area contributed by atoms with Crippen molar-refractivity contribution in [3.63, 3.8) is 0 Å². The Balaban J connectivity index is 1.73. The van der Waals surface area contributed by atoms with Crippen molar-refractivity contribution in [2.24, 2.45) is 4.99 Å². The van der Waals surface area contributed by atoms with Crippen LogP contribution in [0.2, 0.25) is 5.02 Å². The number of hydrogen-bond acceptors (Lipinski definition) is 4. The first-order valence-electron chi connectivity index (χ1n) is 7.25. The third-order valence-corrected chi connectivity index (χ3v) is 3.91. The number of nitrogens with one attached hydrogen (secondary N) is 1. The second-order valence-corrected chi connectivity index (χ2v) is 5.69. The maximum absolute atomic E-state index is 9.80. The van der Waals surface area contributed by atoms with Crippen molar-refractivity contribution < 1.29 is 9.84 Å². The predicted octanol–water partition coefficient (Wildman–Crippen LogP) is 3.62. The summed E-state index contributed by atoms with van der Waals surface area (Å²) in [5.74, 6) is 0.608. The van der Waals surface area contributed by atoms with Gasteiger partial charge in [0.15, 0.2) is 11.5 Å². The molecule has 0 aliphatic carbocycles. The Morgan fingerprint density at radius 1 is 1.30 bits per heavy atom. The van der Waals surface area contributed by atoms with E-state index in [1.807, 2.05) is 36.7 Å². The lowest BCUT2D eigenvalue weighted by Gasteiger charge is -2.14. The minimum absolute atomic E-state index is 0.138. The Morgan fingerprint density at radius 3 is 2.96 bits per heavy atom. The number of benzene rings is 2. The maximum Gasteiger partial charge on any atom is 0.160 e. The second kappa shape index (κ2) is 6.75. The van der Waals surface area contributed by atoms with Crippen LogP contribution in [-0.4, -0.2) is 25.0 Å². The molecule has 3 rings (SSSR count). The van der Waals surface area contributed by atoms with Crippen molar-refractivity contribution in [3.05, 3.63) is 64.3 Å². The van der Waals surface area contributed by atoms with Gasteiger partial charge >= 0.3 is 0 Å². The number of fused-ring (bicyclic) bond motifs is 1. The van der Waals surface area contributed by atoms with E-state index in [4.69, 9.17) is 16.3 Å². The van der Waals surface area contributed by atoms with Crippen LogP contribution >= 0.6 is 11.6 Å². The summed E-state index contributed by atoms with van der Waals surface area (Å²) >= 11 is 6.09. The number of aliphatic imine (C=N–C) groups is 1. The molecular weight excluding hydrogens is 312 g/mol. The molecule has 0 unspecified atom stereocenters. The number of aromatic hydroxyl groups is 1. The quantitative estimate of drug-likeness (QED) is 0.901. The van der Waals surface area contributed by atoms with Gasteiger partial charge in [-0.1, -0.05) is 23.7 Å². The Morgan fingerprint density at radius 2 is 2.17 bits per heavy atom. The van der Waals surface area contributed by atoms with Gasteiger partial charge in [0.05, 0.1) is 13.7 Å². The van der Waals surface area contributed by atoms with E-state index in [0.29, 0.717) is 23.9 Å². The van der Waals surface area contributed by atoms with Gasteiger partial charge in [0.2, 0.25) is 0 Å². The molecule has 0 fully saturated rings. The third kappa shape index (κ3) is 3.48. The molecule has 0 radical (unpaired) electrons. The molecule has 0 atom stereocenters. The topological polar surface area (TPSA) is 53.8 Å². The molecule has 2 aromatic carbocycles. The largest absolute Gasteiger partial charge is 0.504 e. The molecule has 0 aromatic heterocycles. The van der Waals surface area contributed by atoms with E-state index in [0.717, 1.165) is 22.3 Å². The fourth-order valence-corrected chi connectivity index (χ4v) is 2.68. The molecule has 0 saturated carbocycles. The summed E-state index contributed by atoms with van der Waals surface area (Å²) in [7, 11) is 1.53. The van der Waals surface area contributed by atoms with Gasteiger partial charge in [0.1, 0.15) is 0 Å². The maximum atomic E-state index is 9.80. The molecule has 1 heterocycles. The fourth-order valence-electron chi connectivity index (χ4n) is 2.51. The van der Waals surface area contributed by atoms with Gasteiger partial charge in [-0.15, -0.1) is 0 Å². The molecule has 23 heavy (non-hydrogen) atoms. The minimum Gasteiger partial charge on any atom is -0.504 e. The van der Waals surface area contributed by atoms with Crippen LogP contribution < -0.4 is 10.1 Å². The van der Waals surface area contributed by atoms with Gasteiger partial charge in [-0.25, -0.2) is 0 Å². The number of methoxy groups -OCH3 is 1. The number of rotatable bonds is 4. The zero-order chi connectivity index (χ0) is 16.2. The molecular formula is C18H17ClN2O2. The van der Waals surface area contributed by atoms with Crippen molar-refractivity contribution in [1.82, 2.24) is 5.32 Å².